The second kappa shape index (κ2) is 7.44. The molecule has 2 aromatic carbocycles. The van der Waals surface area contributed by atoms with E-state index in [1.807, 2.05) is 32.9 Å². The summed E-state index contributed by atoms with van der Waals surface area (Å²) in [4.78, 5) is 24.3. The summed E-state index contributed by atoms with van der Waals surface area (Å²) in [5.74, 6) is -0.768. The quantitative estimate of drug-likeness (QED) is 0.562. The lowest BCUT2D eigenvalue weighted by Gasteiger charge is -2.22. The summed E-state index contributed by atoms with van der Waals surface area (Å²) in [6.45, 7) is 11.3. The van der Waals surface area contributed by atoms with E-state index in [0.717, 1.165) is 5.56 Å². The van der Waals surface area contributed by atoms with E-state index < -0.39 is 0 Å². The first-order valence-electron chi connectivity index (χ1n) is 8.30. The van der Waals surface area contributed by atoms with Crippen LogP contribution in [0.1, 0.15) is 43.6 Å². The maximum Gasteiger partial charge on any atom is 0.256 e. The van der Waals surface area contributed by atoms with Gasteiger partial charge in [-0.25, -0.2) is 0 Å². The van der Waals surface area contributed by atoms with Gasteiger partial charge in [-0.1, -0.05) is 45.5 Å². The van der Waals surface area contributed by atoms with E-state index in [-0.39, 0.29) is 28.7 Å². The molecule has 0 aromatic heterocycles. The van der Waals surface area contributed by atoms with Crippen molar-refractivity contribution >= 4 is 23.2 Å². The van der Waals surface area contributed by atoms with Crippen LogP contribution in [0.4, 0.5) is 11.4 Å². The van der Waals surface area contributed by atoms with Gasteiger partial charge in [0.05, 0.1) is 5.69 Å². The topological polar surface area (TPSA) is 78.4 Å². The van der Waals surface area contributed by atoms with E-state index in [2.05, 4.69) is 17.2 Å². The molecule has 2 rings (SSSR count). The predicted molar refractivity (Wildman–Crippen MR) is 105 cm³/mol. The van der Waals surface area contributed by atoms with Gasteiger partial charge in [-0.3, -0.25) is 9.59 Å². The molecule has 0 aliphatic carbocycles. The van der Waals surface area contributed by atoms with Gasteiger partial charge in [-0.2, -0.15) is 0 Å². The Bertz CT molecular complexity index is 864. The van der Waals surface area contributed by atoms with Crippen LogP contribution in [0.2, 0.25) is 0 Å². The predicted octanol–water partition coefficient (Wildman–Crippen LogP) is 4.46. The first kappa shape index (κ1) is 19.2. The third-order valence-electron chi connectivity index (χ3n) is 3.87. The van der Waals surface area contributed by atoms with Crippen molar-refractivity contribution in [2.45, 2.75) is 33.1 Å². The normalized spacial score (nSPS) is 10.9. The Morgan fingerprint density at radius 3 is 2.27 bits per heavy atom. The Morgan fingerprint density at radius 1 is 1.04 bits per heavy atom. The van der Waals surface area contributed by atoms with Gasteiger partial charge in [0, 0.05) is 22.9 Å². The molecular weight excluding hydrogens is 328 g/mol. The Morgan fingerprint density at radius 2 is 1.69 bits per heavy atom. The number of hydrogen-bond acceptors (Lipinski definition) is 3. The van der Waals surface area contributed by atoms with Crippen LogP contribution in [0.3, 0.4) is 0 Å². The molecule has 0 bridgehead atoms. The molecular formula is C21H24N2O3. The lowest BCUT2D eigenvalue weighted by molar-refractivity contribution is -0.112. The largest absolute Gasteiger partial charge is 0.506 e. The maximum atomic E-state index is 12.7. The Labute approximate surface area is 153 Å². The zero-order valence-corrected chi connectivity index (χ0v) is 15.5. The van der Waals surface area contributed by atoms with Gasteiger partial charge in [0.2, 0.25) is 0 Å². The molecule has 0 fully saturated rings. The minimum Gasteiger partial charge on any atom is -0.506 e. The molecule has 0 radical (unpaired) electrons. The summed E-state index contributed by atoms with van der Waals surface area (Å²) in [5.41, 5.74) is 2.34. The number of benzene rings is 2. The van der Waals surface area contributed by atoms with Crippen molar-refractivity contribution in [1.29, 1.82) is 0 Å². The van der Waals surface area contributed by atoms with Crippen LogP contribution in [0.5, 0.6) is 5.75 Å². The van der Waals surface area contributed by atoms with Crippen molar-refractivity contribution in [3.8, 4) is 5.75 Å². The molecule has 0 saturated carbocycles. The van der Waals surface area contributed by atoms with Crippen molar-refractivity contribution < 1.29 is 14.7 Å². The smallest absolute Gasteiger partial charge is 0.256 e. The average molecular weight is 352 g/mol. The van der Waals surface area contributed by atoms with Crippen molar-refractivity contribution in [3.63, 3.8) is 0 Å². The highest BCUT2D eigenvalue weighted by atomic mass is 16.3. The van der Waals surface area contributed by atoms with Crippen molar-refractivity contribution in [2.75, 3.05) is 10.6 Å². The van der Waals surface area contributed by atoms with Gasteiger partial charge in [0.25, 0.3) is 11.8 Å². The second-order valence-corrected chi connectivity index (χ2v) is 7.22. The molecule has 0 atom stereocenters. The number of aromatic hydroxyl groups is 1. The molecule has 0 unspecified atom stereocenters. The number of nitrogens with one attached hydrogen (secondary N) is 2. The number of phenolic OH excluding ortho intramolecular Hbond substituents is 1. The number of rotatable bonds is 4. The van der Waals surface area contributed by atoms with E-state index in [1.165, 1.54) is 6.07 Å². The number of carbonyl (C=O) groups is 2. The van der Waals surface area contributed by atoms with E-state index in [9.17, 15) is 14.7 Å². The summed E-state index contributed by atoms with van der Waals surface area (Å²) >= 11 is 0. The highest BCUT2D eigenvalue weighted by Crippen LogP contribution is 2.30. The molecule has 136 valence electrons. The third kappa shape index (κ3) is 4.51. The zero-order valence-electron chi connectivity index (χ0n) is 15.5. The van der Waals surface area contributed by atoms with Gasteiger partial charge in [0.15, 0.2) is 0 Å². The van der Waals surface area contributed by atoms with Gasteiger partial charge in [-0.05, 0) is 36.1 Å². The van der Waals surface area contributed by atoms with E-state index in [1.54, 1.807) is 31.2 Å². The molecule has 0 spiro atoms. The van der Waals surface area contributed by atoms with Crippen LogP contribution >= 0.6 is 0 Å². The minimum atomic E-state index is -0.333. The molecule has 0 saturated heterocycles. The molecule has 3 N–H and O–H groups in total. The summed E-state index contributed by atoms with van der Waals surface area (Å²) < 4.78 is 0. The maximum absolute atomic E-state index is 12.7. The zero-order chi connectivity index (χ0) is 19.5. The molecule has 2 aromatic rings. The summed E-state index contributed by atoms with van der Waals surface area (Å²) in [6, 6.07) is 11.9. The number of amides is 2. The van der Waals surface area contributed by atoms with Crippen molar-refractivity contribution in [1.82, 2.24) is 0 Å². The fourth-order valence-corrected chi connectivity index (χ4v) is 2.48. The number of hydrogen-bond donors (Lipinski definition) is 3. The minimum absolute atomic E-state index is 0.133. The molecule has 5 heteroatoms. The summed E-state index contributed by atoms with van der Waals surface area (Å²) in [5, 5.41) is 15.5. The van der Waals surface area contributed by atoms with Crippen LogP contribution in [0.15, 0.2) is 54.6 Å². The lowest BCUT2D eigenvalue weighted by Crippen LogP contribution is -2.21. The van der Waals surface area contributed by atoms with Crippen LogP contribution in [-0.4, -0.2) is 16.9 Å². The van der Waals surface area contributed by atoms with Crippen LogP contribution in [-0.2, 0) is 10.2 Å². The van der Waals surface area contributed by atoms with Gasteiger partial charge >= 0.3 is 0 Å². The van der Waals surface area contributed by atoms with E-state index in [0.29, 0.717) is 16.8 Å². The number of anilines is 2. The average Bonchev–Trinajstić information content (AvgIpc) is 2.56. The molecule has 2 amide bonds. The first-order valence-corrected chi connectivity index (χ1v) is 8.30. The van der Waals surface area contributed by atoms with Gasteiger partial charge in [-0.15, -0.1) is 0 Å². The van der Waals surface area contributed by atoms with Gasteiger partial charge in [0.1, 0.15) is 5.75 Å². The standard InChI is InChI=1S/C21H24N2O3/c1-13(2)19(25)22-14-10-11-17(18(24)12-14)23-20(26)15-8-6-7-9-16(15)21(3,4)5/h6-12,24H,1H2,2-5H3,(H,22,25)(H,23,26). The highest BCUT2D eigenvalue weighted by Gasteiger charge is 2.21. The van der Waals surface area contributed by atoms with Crippen molar-refractivity contribution in [2.24, 2.45) is 0 Å². The SMILES string of the molecule is C=C(C)C(=O)Nc1ccc(NC(=O)c2ccccc2C(C)(C)C)c(O)c1. The van der Waals surface area contributed by atoms with Crippen LogP contribution in [0.25, 0.3) is 0 Å². The second-order valence-electron chi connectivity index (χ2n) is 7.22. The van der Waals surface area contributed by atoms with Crippen molar-refractivity contribution in [3.05, 3.63) is 65.7 Å². The molecule has 5 nitrogen and oxygen atoms in total. The van der Waals surface area contributed by atoms with Crippen LogP contribution < -0.4 is 10.6 Å². The summed E-state index contributed by atoms with van der Waals surface area (Å²) in [7, 11) is 0. The molecule has 0 heterocycles. The molecule has 0 aliphatic rings. The highest BCUT2D eigenvalue weighted by molar-refractivity contribution is 6.07. The molecule has 0 aliphatic heterocycles. The Balaban J connectivity index is 2.23. The Hall–Kier alpha value is -3.08. The molecule has 26 heavy (non-hydrogen) atoms. The number of phenols is 1. The lowest BCUT2D eigenvalue weighted by atomic mass is 9.83. The third-order valence-corrected chi connectivity index (χ3v) is 3.87. The monoisotopic (exact) mass is 352 g/mol. The van der Waals surface area contributed by atoms with Crippen LogP contribution in [0, 0.1) is 0 Å². The van der Waals surface area contributed by atoms with E-state index in [4.69, 9.17) is 0 Å². The first-order chi connectivity index (χ1) is 12.1. The van der Waals surface area contributed by atoms with Gasteiger partial charge < -0.3 is 15.7 Å². The fraction of sp³-hybridized carbons (Fsp3) is 0.238. The van der Waals surface area contributed by atoms with E-state index >= 15 is 0 Å². The number of carbonyl (C=O) groups excluding carboxylic acids is 2. The summed E-state index contributed by atoms with van der Waals surface area (Å²) in [6.07, 6.45) is 0. The fourth-order valence-electron chi connectivity index (χ4n) is 2.48. The Kier molecular flexibility index (Phi) is 5.50.